The maximum absolute atomic E-state index is 13.8. The molecule has 210 valence electrons. The van der Waals surface area contributed by atoms with Gasteiger partial charge in [-0.3, -0.25) is 4.79 Å². The molecule has 2 amide bonds. The molecule has 1 aromatic heterocycles. The zero-order valence-electron chi connectivity index (χ0n) is 23.5. The fourth-order valence-corrected chi connectivity index (χ4v) is 5.58. The second kappa shape index (κ2) is 10.9. The highest BCUT2D eigenvalue weighted by molar-refractivity contribution is 6.62. The second-order valence-corrected chi connectivity index (χ2v) is 11.7. The number of carbonyl (C=O) groups is 2. The van der Waals surface area contributed by atoms with Gasteiger partial charge in [0.15, 0.2) is 0 Å². The normalized spacial score (nSPS) is 23.6. The van der Waals surface area contributed by atoms with Gasteiger partial charge in [-0.05, 0) is 64.8 Å². The quantitative estimate of drug-likeness (QED) is 0.543. The van der Waals surface area contributed by atoms with E-state index < -0.39 is 30.5 Å². The number of likely N-dealkylation sites (tertiary alicyclic amines) is 1. The lowest BCUT2D eigenvalue weighted by molar-refractivity contribution is -0.136. The summed E-state index contributed by atoms with van der Waals surface area (Å²) < 4.78 is 22.6. The first kappa shape index (κ1) is 27.7. The van der Waals surface area contributed by atoms with Crippen LogP contribution in [0.3, 0.4) is 0 Å². The van der Waals surface area contributed by atoms with Crippen molar-refractivity contribution >= 4 is 24.6 Å². The Balaban J connectivity index is 1.30. The van der Waals surface area contributed by atoms with Gasteiger partial charge in [-0.25, -0.2) is 9.78 Å². The van der Waals surface area contributed by atoms with Crippen molar-refractivity contribution in [1.82, 2.24) is 20.2 Å². The predicted molar refractivity (Wildman–Crippen MR) is 146 cm³/mol. The molecule has 0 spiro atoms. The molecule has 2 N–H and O–H groups in total. The smallest absolute Gasteiger partial charge is 0.453 e. The number of nitrogens with zero attached hydrogens (tertiary/aromatic N) is 2. The Morgan fingerprint density at radius 1 is 1.10 bits per heavy atom. The van der Waals surface area contributed by atoms with Crippen molar-refractivity contribution in [1.29, 1.82) is 0 Å². The molecule has 1 aromatic carbocycles. The molecule has 1 unspecified atom stereocenters. The Labute approximate surface area is 230 Å². The molecular formula is C28H39BN4O6. The van der Waals surface area contributed by atoms with E-state index in [2.05, 4.69) is 15.3 Å². The standard InChI is InChI=1S/C28H39BN4O6/c1-27(2)28(3,4)39-29(38-27)20-10-8-19(9-11-20)24-30-17-21(31-24)22-7-6-14-33(22)25(34)23(32-26(35)36-5)18-12-15-37-16-13-18/h8-11,17-18,22-23H,6-7,12-16H2,1-5H3,(H,30,31)(H,32,35)/t22-,23?/m0/s1. The fraction of sp³-hybridized carbons (Fsp3) is 0.607. The molecule has 3 fully saturated rings. The summed E-state index contributed by atoms with van der Waals surface area (Å²) in [5, 5.41) is 2.80. The number of amides is 2. The number of carbonyl (C=O) groups excluding carboxylic acids is 2. The number of H-pyrrole nitrogens is 1. The van der Waals surface area contributed by atoms with Crippen LogP contribution in [-0.4, -0.2) is 78.1 Å². The lowest BCUT2D eigenvalue weighted by Gasteiger charge is -2.34. The summed E-state index contributed by atoms with van der Waals surface area (Å²) in [4.78, 5) is 35.8. The van der Waals surface area contributed by atoms with Crippen LogP contribution in [0.1, 0.15) is 65.1 Å². The van der Waals surface area contributed by atoms with Gasteiger partial charge in [0, 0.05) is 25.3 Å². The van der Waals surface area contributed by atoms with Gasteiger partial charge in [-0.2, -0.15) is 0 Å². The van der Waals surface area contributed by atoms with E-state index in [9.17, 15) is 9.59 Å². The van der Waals surface area contributed by atoms with Gasteiger partial charge in [0.05, 0.1) is 36.2 Å². The average molecular weight is 538 g/mol. The number of alkyl carbamates (subject to hydrolysis) is 1. The molecule has 39 heavy (non-hydrogen) atoms. The maximum Gasteiger partial charge on any atom is 0.494 e. The van der Waals surface area contributed by atoms with Crippen molar-refractivity contribution < 1.29 is 28.4 Å². The van der Waals surface area contributed by atoms with Gasteiger partial charge in [0.1, 0.15) is 11.9 Å². The Kier molecular flexibility index (Phi) is 7.76. The van der Waals surface area contributed by atoms with E-state index >= 15 is 0 Å². The van der Waals surface area contributed by atoms with Crippen molar-refractivity contribution in [3.8, 4) is 11.4 Å². The molecule has 2 atom stereocenters. The topological polar surface area (TPSA) is 115 Å². The molecule has 5 rings (SSSR count). The largest absolute Gasteiger partial charge is 0.494 e. The number of methoxy groups -OCH3 is 1. The predicted octanol–water partition coefficient (Wildman–Crippen LogP) is 3.19. The minimum Gasteiger partial charge on any atom is -0.453 e. The van der Waals surface area contributed by atoms with Crippen molar-refractivity contribution in [3.63, 3.8) is 0 Å². The first-order chi connectivity index (χ1) is 18.6. The lowest BCUT2D eigenvalue weighted by Crippen LogP contribution is -2.53. The summed E-state index contributed by atoms with van der Waals surface area (Å²) in [7, 11) is 0.893. The average Bonchev–Trinajstić information content (AvgIpc) is 3.65. The van der Waals surface area contributed by atoms with E-state index in [1.54, 1.807) is 0 Å². The van der Waals surface area contributed by atoms with Crippen LogP contribution in [0.5, 0.6) is 0 Å². The summed E-state index contributed by atoms with van der Waals surface area (Å²) in [6.07, 6.45) is 4.36. The van der Waals surface area contributed by atoms with Crippen LogP contribution in [0.4, 0.5) is 4.79 Å². The van der Waals surface area contributed by atoms with Crippen LogP contribution in [0.25, 0.3) is 11.4 Å². The van der Waals surface area contributed by atoms with Gasteiger partial charge < -0.3 is 34.0 Å². The van der Waals surface area contributed by atoms with Crippen LogP contribution < -0.4 is 10.8 Å². The minimum atomic E-state index is -0.646. The Hall–Kier alpha value is -2.89. The Bertz CT molecular complexity index is 1160. The number of nitrogens with one attached hydrogen (secondary N) is 2. The molecular weight excluding hydrogens is 499 g/mol. The molecule has 0 radical (unpaired) electrons. The molecule has 2 aromatic rings. The van der Waals surface area contributed by atoms with E-state index in [-0.39, 0.29) is 17.9 Å². The summed E-state index contributed by atoms with van der Waals surface area (Å²) in [6.45, 7) is 9.96. The van der Waals surface area contributed by atoms with E-state index in [1.165, 1.54) is 7.11 Å². The van der Waals surface area contributed by atoms with Crippen LogP contribution in [0.2, 0.25) is 0 Å². The minimum absolute atomic E-state index is 0.00594. The van der Waals surface area contributed by atoms with E-state index in [4.69, 9.17) is 18.8 Å². The first-order valence-electron chi connectivity index (χ1n) is 13.8. The second-order valence-electron chi connectivity index (χ2n) is 11.7. The maximum atomic E-state index is 13.8. The van der Waals surface area contributed by atoms with Gasteiger partial charge in [0.25, 0.3) is 0 Å². The molecule has 0 saturated carbocycles. The summed E-state index contributed by atoms with van der Waals surface area (Å²) in [5.41, 5.74) is 1.98. The molecule has 11 heteroatoms. The van der Waals surface area contributed by atoms with Crippen molar-refractivity contribution in [2.24, 2.45) is 5.92 Å². The summed E-state index contributed by atoms with van der Waals surface area (Å²) in [6, 6.07) is 7.23. The van der Waals surface area contributed by atoms with Crippen molar-refractivity contribution in [2.45, 2.75) is 76.7 Å². The Morgan fingerprint density at radius 2 is 1.77 bits per heavy atom. The van der Waals surface area contributed by atoms with Gasteiger partial charge in [0.2, 0.25) is 5.91 Å². The van der Waals surface area contributed by atoms with Crippen LogP contribution in [-0.2, 0) is 23.6 Å². The highest BCUT2D eigenvalue weighted by atomic mass is 16.7. The van der Waals surface area contributed by atoms with Crippen LogP contribution in [0, 0.1) is 5.92 Å². The van der Waals surface area contributed by atoms with Crippen LogP contribution in [0.15, 0.2) is 30.5 Å². The van der Waals surface area contributed by atoms with E-state index in [0.717, 1.165) is 48.2 Å². The number of ether oxygens (including phenoxy) is 2. The first-order valence-corrected chi connectivity index (χ1v) is 13.8. The third-order valence-electron chi connectivity index (χ3n) is 8.66. The third-order valence-corrected chi connectivity index (χ3v) is 8.66. The van der Waals surface area contributed by atoms with Gasteiger partial charge in [-0.15, -0.1) is 0 Å². The molecule has 3 aliphatic rings. The molecule has 0 bridgehead atoms. The number of hydrogen-bond donors (Lipinski definition) is 2. The highest BCUT2D eigenvalue weighted by Gasteiger charge is 2.51. The number of hydrogen-bond acceptors (Lipinski definition) is 7. The molecule has 4 heterocycles. The molecule has 3 saturated heterocycles. The number of aromatic amines is 1. The zero-order chi connectivity index (χ0) is 27.8. The van der Waals surface area contributed by atoms with E-state index in [1.807, 2.05) is 63.1 Å². The highest BCUT2D eigenvalue weighted by Crippen LogP contribution is 2.37. The van der Waals surface area contributed by atoms with Crippen LogP contribution >= 0.6 is 0 Å². The lowest BCUT2D eigenvalue weighted by atomic mass is 9.79. The molecule has 0 aliphatic carbocycles. The third kappa shape index (κ3) is 5.57. The zero-order valence-corrected chi connectivity index (χ0v) is 23.5. The van der Waals surface area contributed by atoms with Crippen molar-refractivity contribution in [2.75, 3.05) is 26.9 Å². The molecule has 10 nitrogen and oxygen atoms in total. The SMILES string of the molecule is COC(=O)NC(C(=O)N1CCC[C@H]1c1cnc(-c2ccc(B3OC(C)(C)C(C)(C)O3)cc2)[nH]1)C1CCOCC1. The number of imidazole rings is 1. The van der Waals surface area contributed by atoms with Crippen molar-refractivity contribution in [3.05, 3.63) is 36.2 Å². The van der Waals surface area contributed by atoms with E-state index in [0.29, 0.717) is 19.8 Å². The number of aromatic nitrogens is 2. The monoisotopic (exact) mass is 538 g/mol. The van der Waals surface area contributed by atoms with Gasteiger partial charge >= 0.3 is 13.2 Å². The Morgan fingerprint density at radius 3 is 2.41 bits per heavy atom. The number of benzene rings is 1. The number of rotatable bonds is 6. The summed E-state index contributed by atoms with van der Waals surface area (Å²) in [5.74, 6) is 0.655. The van der Waals surface area contributed by atoms with Gasteiger partial charge in [-0.1, -0.05) is 24.3 Å². The fourth-order valence-electron chi connectivity index (χ4n) is 5.58. The molecule has 3 aliphatic heterocycles. The summed E-state index contributed by atoms with van der Waals surface area (Å²) >= 11 is 0.